The standard InChI is InChI=1S/C11H23N3O3/c1-3-17-11(16)8(2)14-10(15)9(13)6-4-5-7-12/h8-9H,3-7,12-13H2,1-2H3,(H,14,15)/t8-,9-/m0/s1. The number of ether oxygens (including phenoxy) is 1. The number of nitrogens with two attached hydrogens (primary N) is 2. The van der Waals surface area contributed by atoms with Crippen LogP contribution in [0.2, 0.25) is 0 Å². The van der Waals surface area contributed by atoms with Crippen LogP contribution >= 0.6 is 0 Å². The van der Waals surface area contributed by atoms with Gasteiger partial charge in [-0.3, -0.25) is 4.79 Å². The van der Waals surface area contributed by atoms with Gasteiger partial charge in [0.05, 0.1) is 12.6 Å². The molecule has 0 saturated heterocycles. The van der Waals surface area contributed by atoms with Gasteiger partial charge in [-0.2, -0.15) is 0 Å². The third-order valence-corrected chi connectivity index (χ3v) is 2.30. The summed E-state index contributed by atoms with van der Waals surface area (Å²) in [7, 11) is 0. The summed E-state index contributed by atoms with van der Waals surface area (Å²) >= 11 is 0. The van der Waals surface area contributed by atoms with Crippen LogP contribution in [0.25, 0.3) is 0 Å². The Morgan fingerprint density at radius 3 is 2.53 bits per heavy atom. The van der Waals surface area contributed by atoms with E-state index < -0.39 is 18.1 Å². The summed E-state index contributed by atoms with van der Waals surface area (Å²) in [6.45, 7) is 4.17. The lowest BCUT2D eigenvalue weighted by Gasteiger charge is -2.16. The molecule has 17 heavy (non-hydrogen) atoms. The summed E-state index contributed by atoms with van der Waals surface area (Å²) < 4.78 is 4.77. The van der Waals surface area contributed by atoms with E-state index in [1.54, 1.807) is 13.8 Å². The Labute approximate surface area is 102 Å². The molecule has 0 aromatic carbocycles. The molecule has 0 bridgehead atoms. The van der Waals surface area contributed by atoms with E-state index in [2.05, 4.69) is 5.32 Å². The van der Waals surface area contributed by atoms with E-state index in [4.69, 9.17) is 16.2 Å². The molecule has 2 atom stereocenters. The van der Waals surface area contributed by atoms with Gasteiger partial charge >= 0.3 is 5.97 Å². The van der Waals surface area contributed by atoms with Gasteiger partial charge in [0.25, 0.3) is 0 Å². The molecule has 0 aliphatic heterocycles. The van der Waals surface area contributed by atoms with E-state index in [1.807, 2.05) is 0 Å². The van der Waals surface area contributed by atoms with E-state index in [0.717, 1.165) is 12.8 Å². The Hall–Kier alpha value is -1.14. The van der Waals surface area contributed by atoms with E-state index in [0.29, 0.717) is 19.6 Å². The highest BCUT2D eigenvalue weighted by atomic mass is 16.5. The molecule has 0 rings (SSSR count). The van der Waals surface area contributed by atoms with Gasteiger partial charge in [0, 0.05) is 0 Å². The van der Waals surface area contributed by atoms with Crippen molar-refractivity contribution in [1.82, 2.24) is 5.32 Å². The molecule has 0 fully saturated rings. The van der Waals surface area contributed by atoms with Crippen LogP contribution in [-0.4, -0.2) is 37.1 Å². The molecule has 6 heteroatoms. The van der Waals surface area contributed by atoms with Crippen LogP contribution in [0.15, 0.2) is 0 Å². The SMILES string of the molecule is CCOC(=O)[C@H](C)NC(=O)[C@@H](N)CCCCN. The minimum Gasteiger partial charge on any atom is -0.464 e. The highest BCUT2D eigenvalue weighted by Crippen LogP contribution is 1.99. The maximum Gasteiger partial charge on any atom is 0.328 e. The Kier molecular flexibility index (Phi) is 8.35. The molecule has 5 N–H and O–H groups in total. The van der Waals surface area contributed by atoms with Crippen molar-refractivity contribution in [1.29, 1.82) is 0 Å². The molecule has 0 heterocycles. The number of carbonyl (C=O) groups is 2. The predicted molar refractivity (Wildman–Crippen MR) is 65.1 cm³/mol. The Balaban J connectivity index is 3.93. The van der Waals surface area contributed by atoms with Gasteiger partial charge in [-0.1, -0.05) is 6.42 Å². The first kappa shape index (κ1) is 15.9. The first-order valence-corrected chi connectivity index (χ1v) is 5.95. The molecule has 0 aromatic heterocycles. The Morgan fingerprint density at radius 1 is 1.35 bits per heavy atom. The van der Waals surface area contributed by atoms with Gasteiger partial charge in [0.15, 0.2) is 0 Å². The number of esters is 1. The quantitative estimate of drug-likeness (QED) is 0.395. The number of rotatable bonds is 8. The fraction of sp³-hybridized carbons (Fsp3) is 0.818. The zero-order valence-electron chi connectivity index (χ0n) is 10.6. The molecule has 6 nitrogen and oxygen atoms in total. The molecule has 100 valence electrons. The highest BCUT2D eigenvalue weighted by molar-refractivity contribution is 5.87. The first-order valence-electron chi connectivity index (χ1n) is 5.95. The van der Waals surface area contributed by atoms with E-state index in [1.165, 1.54) is 0 Å². The summed E-state index contributed by atoms with van der Waals surface area (Å²) in [5, 5.41) is 2.52. The van der Waals surface area contributed by atoms with Crippen LogP contribution in [-0.2, 0) is 14.3 Å². The Morgan fingerprint density at radius 2 is 2.00 bits per heavy atom. The molecule has 0 spiro atoms. The topological polar surface area (TPSA) is 107 Å². The number of unbranched alkanes of at least 4 members (excludes halogenated alkanes) is 1. The van der Waals surface area contributed by atoms with Crippen molar-refractivity contribution in [3.63, 3.8) is 0 Å². The smallest absolute Gasteiger partial charge is 0.328 e. The third-order valence-electron chi connectivity index (χ3n) is 2.30. The van der Waals surface area contributed by atoms with E-state index >= 15 is 0 Å². The van der Waals surface area contributed by atoms with Gasteiger partial charge in [-0.25, -0.2) is 4.79 Å². The van der Waals surface area contributed by atoms with Crippen LogP contribution in [0.1, 0.15) is 33.1 Å². The summed E-state index contributed by atoms with van der Waals surface area (Å²) in [6.07, 6.45) is 2.21. The van der Waals surface area contributed by atoms with Gasteiger partial charge in [-0.15, -0.1) is 0 Å². The molecule has 0 aliphatic carbocycles. The summed E-state index contributed by atoms with van der Waals surface area (Å²) in [4.78, 5) is 22.8. The van der Waals surface area contributed by atoms with E-state index in [-0.39, 0.29) is 5.91 Å². The number of hydrogen-bond acceptors (Lipinski definition) is 5. The van der Waals surface area contributed by atoms with Crippen molar-refractivity contribution in [3.05, 3.63) is 0 Å². The van der Waals surface area contributed by atoms with Crippen LogP contribution in [0.3, 0.4) is 0 Å². The second-order valence-electron chi connectivity index (χ2n) is 3.87. The summed E-state index contributed by atoms with van der Waals surface area (Å²) in [6, 6.07) is -1.26. The fourth-order valence-corrected chi connectivity index (χ4v) is 1.29. The maximum atomic E-state index is 11.6. The second-order valence-corrected chi connectivity index (χ2v) is 3.87. The van der Waals surface area contributed by atoms with Gasteiger partial charge in [-0.05, 0) is 33.2 Å². The number of hydrogen-bond donors (Lipinski definition) is 3. The minimum atomic E-state index is -0.664. The predicted octanol–water partition coefficient (Wildman–Crippen LogP) is -0.489. The minimum absolute atomic E-state index is 0.293. The van der Waals surface area contributed by atoms with Gasteiger partial charge in [0.1, 0.15) is 6.04 Å². The molecule has 0 radical (unpaired) electrons. The van der Waals surface area contributed by atoms with Crippen molar-refractivity contribution < 1.29 is 14.3 Å². The van der Waals surface area contributed by atoms with Crippen LogP contribution < -0.4 is 16.8 Å². The molecular weight excluding hydrogens is 222 g/mol. The zero-order valence-corrected chi connectivity index (χ0v) is 10.6. The zero-order chi connectivity index (χ0) is 13.3. The molecular formula is C11H23N3O3. The van der Waals surface area contributed by atoms with Crippen molar-refractivity contribution >= 4 is 11.9 Å². The molecule has 0 aliphatic rings. The average molecular weight is 245 g/mol. The molecule has 1 amide bonds. The molecule has 0 aromatic rings. The van der Waals surface area contributed by atoms with Crippen LogP contribution in [0.5, 0.6) is 0 Å². The van der Waals surface area contributed by atoms with Gasteiger partial charge in [0.2, 0.25) is 5.91 Å². The Bertz CT molecular complexity index is 246. The maximum absolute atomic E-state index is 11.6. The monoisotopic (exact) mass is 245 g/mol. The van der Waals surface area contributed by atoms with Crippen molar-refractivity contribution in [2.45, 2.75) is 45.2 Å². The number of nitrogens with one attached hydrogen (secondary N) is 1. The molecule has 0 unspecified atom stereocenters. The largest absolute Gasteiger partial charge is 0.464 e. The fourth-order valence-electron chi connectivity index (χ4n) is 1.29. The number of amides is 1. The lowest BCUT2D eigenvalue weighted by atomic mass is 10.1. The summed E-state index contributed by atoms with van der Waals surface area (Å²) in [5.41, 5.74) is 11.0. The van der Waals surface area contributed by atoms with Crippen molar-refractivity contribution in [2.75, 3.05) is 13.2 Å². The lowest BCUT2D eigenvalue weighted by molar-refractivity contribution is -0.147. The molecule has 0 saturated carbocycles. The second kappa shape index (κ2) is 8.95. The third kappa shape index (κ3) is 6.91. The average Bonchev–Trinajstić information content (AvgIpc) is 2.29. The van der Waals surface area contributed by atoms with Crippen molar-refractivity contribution in [2.24, 2.45) is 11.5 Å². The lowest BCUT2D eigenvalue weighted by Crippen LogP contribution is -2.47. The normalized spacial score (nSPS) is 13.9. The van der Waals surface area contributed by atoms with Gasteiger partial charge < -0.3 is 21.5 Å². The van der Waals surface area contributed by atoms with Crippen LogP contribution in [0.4, 0.5) is 0 Å². The highest BCUT2D eigenvalue weighted by Gasteiger charge is 2.20. The van der Waals surface area contributed by atoms with Crippen LogP contribution in [0, 0.1) is 0 Å². The first-order chi connectivity index (χ1) is 8.02. The number of carbonyl (C=O) groups excluding carboxylic acids is 2. The summed E-state index contributed by atoms with van der Waals surface area (Å²) in [5.74, 6) is -0.780. The van der Waals surface area contributed by atoms with Crippen molar-refractivity contribution in [3.8, 4) is 0 Å². The van der Waals surface area contributed by atoms with E-state index in [9.17, 15) is 9.59 Å².